The maximum absolute atomic E-state index is 13.7. The Morgan fingerprint density at radius 3 is 2.38 bits per heavy atom. The molecule has 300 valence electrons. The lowest BCUT2D eigenvalue weighted by atomic mass is 9.88. The molecule has 4 aromatic rings. The quantitative estimate of drug-likeness (QED) is 0.213. The summed E-state index contributed by atoms with van der Waals surface area (Å²) < 4.78 is 69.5. The Morgan fingerprint density at radius 2 is 1.68 bits per heavy atom. The van der Waals surface area contributed by atoms with E-state index in [1.54, 1.807) is 18.2 Å². The number of thiazole rings is 1. The van der Waals surface area contributed by atoms with Crippen LogP contribution in [0.2, 0.25) is 0 Å². The van der Waals surface area contributed by atoms with Gasteiger partial charge in [-0.15, -0.1) is 0 Å². The minimum atomic E-state index is -4.44. The zero-order chi connectivity index (χ0) is 39.2. The van der Waals surface area contributed by atoms with E-state index in [4.69, 9.17) is 0 Å². The summed E-state index contributed by atoms with van der Waals surface area (Å²) in [4.78, 5) is 33.9. The Bertz CT molecular complexity index is 2190. The first-order chi connectivity index (χ1) is 26.8. The summed E-state index contributed by atoms with van der Waals surface area (Å²) >= 11 is 0.560. The smallest absolute Gasteiger partial charge is 0.371 e. The Morgan fingerprint density at radius 1 is 0.929 bits per heavy atom. The number of carbonyl (C=O) groups excluding carboxylic acids is 2. The predicted molar refractivity (Wildman–Crippen MR) is 209 cm³/mol. The fraction of sp³-hybridized carbons (Fsp3) is 0.526. The summed E-state index contributed by atoms with van der Waals surface area (Å²) in [7, 11) is -1.85. The average Bonchev–Trinajstić information content (AvgIpc) is 3.80. The number of sulfonamides is 1. The van der Waals surface area contributed by atoms with Crippen molar-refractivity contribution in [2.45, 2.75) is 68.0 Å². The number of benzene rings is 2. The van der Waals surface area contributed by atoms with Crippen LogP contribution < -0.4 is 20.4 Å². The van der Waals surface area contributed by atoms with Crippen LogP contribution in [0.4, 0.5) is 34.6 Å². The first kappa shape index (κ1) is 38.6. The molecule has 2 aromatic heterocycles. The highest BCUT2D eigenvalue weighted by molar-refractivity contribution is 7.89. The highest BCUT2D eigenvalue weighted by Gasteiger charge is 2.35. The number of urea groups is 1. The number of hydrogen-bond acceptors (Lipinski definition) is 10. The maximum atomic E-state index is 13.7. The van der Waals surface area contributed by atoms with Crippen LogP contribution in [0.15, 0.2) is 53.6 Å². The van der Waals surface area contributed by atoms with E-state index in [2.05, 4.69) is 48.7 Å². The number of anilines is 3. The zero-order valence-corrected chi connectivity index (χ0v) is 32.8. The van der Waals surface area contributed by atoms with Crippen molar-refractivity contribution < 1.29 is 31.2 Å². The number of likely N-dealkylation sites (tertiary alicyclic amines) is 1. The highest BCUT2D eigenvalue weighted by Crippen LogP contribution is 2.37. The zero-order valence-electron chi connectivity index (χ0n) is 31.2. The second-order valence-corrected chi connectivity index (χ2v) is 18.3. The van der Waals surface area contributed by atoms with E-state index in [0.717, 1.165) is 81.2 Å². The maximum Gasteiger partial charge on any atom is 0.427 e. The molecule has 0 spiro atoms. The standard InChI is InChI=1S/C38H46F3N9O4S2/c1-46-32-21-27(5-6-31(32)35(45-46)50-20-13-34(51)44-37(50)52)26-9-14-47(15-10-26)24-25-7-16-48(17-8-25)29-3-2-4-30(22-29)56(53,54)49-18-11-28(12-19-49)43-36-42-23-33(55-36)38(39,40)41/h2-6,21-23,25-26,28H,7-20,24H2,1H3,(H,42,43)(H,44,51,52). The van der Waals surface area contributed by atoms with E-state index < -0.39 is 27.1 Å². The van der Waals surface area contributed by atoms with Crippen molar-refractivity contribution in [2.75, 3.05) is 67.5 Å². The molecule has 2 N–H and O–H groups in total. The summed E-state index contributed by atoms with van der Waals surface area (Å²) in [5.41, 5.74) is 3.15. The number of fused-ring (bicyclic) bond motifs is 1. The second-order valence-electron chi connectivity index (χ2n) is 15.3. The number of rotatable bonds is 9. The summed E-state index contributed by atoms with van der Waals surface area (Å²) in [6, 6.07) is 13.0. The van der Waals surface area contributed by atoms with Crippen LogP contribution >= 0.6 is 11.3 Å². The van der Waals surface area contributed by atoms with Gasteiger partial charge in [0, 0.05) is 69.9 Å². The summed E-state index contributed by atoms with van der Waals surface area (Å²) in [5, 5.41) is 11.2. The first-order valence-electron chi connectivity index (χ1n) is 19.3. The van der Waals surface area contributed by atoms with E-state index >= 15 is 0 Å². The van der Waals surface area contributed by atoms with Gasteiger partial charge in [-0.3, -0.25) is 19.7 Å². The molecule has 6 heterocycles. The van der Waals surface area contributed by atoms with Crippen molar-refractivity contribution in [1.29, 1.82) is 0 Å². The third-order valence-corrected chi connectivity index (χ3v) is 14.6. The van der Waals surface area contributed by atoms with Crippen molar-refractivity contribution in [2.24, 2.45) is 13.0 Å². The number of imide groups is 1. The van der Waals surface area contributed by atoms with E-state index in [1.807, 2.05) is 17.8 Å². The molecule has 8 rings (SSSR count). The second kappa shape index (κ2) is 15.6. The van der Waals surface area contributed by atoms with Gasteiger partial charge in [0.2, 0.25) is 15.9 Å². The topological polar surface area (TPSA) is 136 Å². The lowest BCUT2D eigenvalue weighted by Gasteiger charge is -2.38. The van der Waals surface area contributed by atoms with Gasteiger partial charge >= 0.3 is 12.2 Å². The van der Waals surface area contributed by atoms with Crippen molar-refractivity contribution in [3.05, 3.63) is 59.1 Å². The molecule has 0 unspecified atom stereocenters. The largest absolute Gasteiger partial charge is 0.427 e. The number of amides is 3. The van der Waals surface area contributed by atoms with Gasteiger partial charge in [-0.25, -0.2) is 18.2 Å². The van der Waals surface area contributed by atoms with E-state index in [1.165, 1.54) is 14.8 Å². The van der Waals surface area contributed by atoms with Crippen LogP contribution in [-0.4, -0.2) is 103 Å². The number of aromatic nitrogens is 3. The monoisotopic (exact) mass is 813 g/mol. The Labute approximate surface area is 327 Å². The molecule has 4 saturated heterocycles. The minimum Gasteiger partial charge on any atom is -0.371 e. The van der Waals surface area contributed by atoms with Crippen LogP contribution in [0.1, 0.15) is 61.3 Å². The van der Waals surface area contributed by atoms with Crippen LogP contribution in [-0.2, 0) is 28.0 Å². The van der Waals surface area contributed by atoms with Gasteiger partial charge in [-0.05, 0) is 99.3 Å². The number of piperidine rings is 3. The molecule has 0 bridgehead atoms. The first-order valence-corrected chi connectivity index (χ1v) is 21.5. The molecule has 0 radical (unpaired) electrons. The third kappa shape index (κ3) is 8.11. The number of hydrogen-bond donors (Lipinski definition) is 2. The normalized spacial score (nSPS) is 20.6. The molecule has 56 heavy (non-hydrogen) atoms. The Balaban J connectivity index is 0.803. The van der Waals surface area contributed by atoms with Crippen LogP contribution in [0.5, 0.6) is 0 Å². The van der Waals surface area contributed by atoms with E-state index in [9.17, 15) is 31.2 Å². The fourth-order valence-electron chi connectivity index (χ4n) is 8.54. The molecule has 0 aliphatic carbocycles. The van der Waals surface area contributed by atoms with Gasteiger partial charge in [0.05, 0.1) is 16.6 Å². The SMILES string of the molecule is Cn1nc(N2CCC(=O)NC2=O)c2ccc(C3CCN(CC4CCN(c5cccc(S(=O)(=O)N6CCC(Nc7ncc(C(F)(F)F)s7)CC6)c5)CC4)CC3)cc21. The van der Waals surface area contributed by atoms with Crippen LogP contribution in [0.25, 0.3) is 10.9 Å². The summed E-state index contributed by atoms with van der Waals surface area (Å²) in [5.74, 6) is 1.32. The Kier molecular flexibility index (Phi) is 10.7. The Hall–Kier alpha value is -4.26. The van der Waals surface area contributed by atoms with E-state index in [0.29, 0.717) is 48.4 Å². The molecule has 0 atom stereocenters. The lowest BCUT2D eigenvalue weighted by molar-refractivity contribution is -0.134. The molecule has 4 aliphatic rings. The van der Waals surface area contributed by atoms with Crippen LogP contribution in [0.3, 0.4) is 0 Å². The number of carbonyl (C=O) groups is 2. The van der Waals surface area contributed by atoms with Gasteiger partial charge in [-0.2, -0.15) is 22.6 Å². The molecule has 0 saturated carbocycles. The van der Waals surface area contributed by atoms with Gasteiger partial charge in [0.1, 0.15) is 4.88 Å². The lowest BCUT2D eigenvalue weighted by Crippen LogP contribution is -2.49. The van der Waals surface area contributed by atoms with Gasteiger partial charge in [0.25, 0.3) is 0 Å². The van der Waals surface area contributed by atoms with Crippen molar-refractivity contribution in [3.63, 3.8) is 0 Å². The number of alkyl halides is 3. The predicted octanol–water partition coefficient (Wildman–Crippen LogP) is 5.86. The number of nitrogens with zero attached hydrogens (tertiary/aromatic N) is 7. The molecular weight excluding hydrogens is 768 g/mol. The molecule has 4 aliphatic heterocycles. The number of halogens is 3. The number of aryl methyl sites for hydroxylation is 1. The van der Waals surface area contributed by atoms with Crippen molar-refractivity contribution >= 4 is 60.8 Å². The molecule has 3 amide bonds. The molecule has 4 fully saturated rings. The van der Waals surface area contributed by atoms with E-state index in [-0.39, 0.29) is 41.5 Å². The molecule has 18 heteroatoms. The van der Waals surface area contributed by atoms with Gasteiger partial charge in [0.15, 0.2) is 10.9 Å². The summed E-state index contributed by atoms with van der Waals surface area (Å²) in [6.07, 6.45) is 1.77. The fourth-order valence-corrected chi connectivity index (χ4v) is 10.8. The van der Waals surface area contributed by atoms with Crippen molar-refractivity contribution in [3.8, 4) is 0 Å². The molecular formula is C38H46F3N9O4S2. The number of nitrogens with one attached hydrogen (secondary N) is 2. The third-order valence-electron chi connectivity index (χ3n) is 11.7. The van der Waals surface area contributed by atoms with Crippen molar-refractivity contribution in [1.82, 2.24) is 29.3 Å². The molecule has 13 nitrogen and oxygen atoms in total. The van der Waals surface area contributed by atoms with Crippen LogP contribution in [0, 0.1) is 5.92 Å². The van der Waals surface area contributed by atoms with Gasteiger partial charge in [-0.1, -0.05) is 23.5 Å². The highest BCUT2D eigenvalue weighted by atomic mass is 32.2. The van der Waals surface area contributed by atoms with Gasteiger partial charge < -0.3 is 15.1 Å². The average molecular weight is 814 g/mol. The minimum absolute atomic E-state index is 0.155. The molecule has 2 aromatic carbocycles. The summed E-state index contributed by atoms with van der Waals surface area (Å²) in [6.45, 7) is 5.68.